The van der Waals surface area contributed by atoms with E-state index in [0.717, 1.165) is 21.8 Å². The first-order valence-corrected chi connectivity index (χ1v) is 6.99. The molecule has 3 aromatic rings. The predicted octanol–water partition coefficient (Wildman–Crippen LogP) is 4.56. The number of anilines is 1. The van der Waals surface area contributed by atoms with E-state index < -0.39 is 0 Å². The first kappa shape index (κ1) is 13.6. The van der Waals surface area contributed by atoms with Gasteiger partial charge in [-0.3, -0.25) is 0 Å². The molecule has 0 radical (unpaired) electrons. The van der Waals surface area contributed by atoms with Crippen LogP contribution in [0.2, 0.25) is 5.02 Å². The summed E-state index contributed by atoms with van der Waals surface area (Å²) in [6, 6.07) is 15.8. The van der Waals surface area contributed by atoms with Gasteiger partial charge in [-0.05, 0) is 42.8 Å². The zero-order chi connectivity index (χ0) is 14.7. The van der Waals surface area contributed by atoms with Crippen LogP contribution in [-0.4, -0.2) is 10.2 Å². The molecule has 3 rings (SSSR count). The predicted molar refractivity (Wildman–Crippen MR) is 83.2 cm³/mol. The summed E-state index contributed by atoms with van der Waals surface area (Å²) in [5.41, 5.74) is 2.97. The van der Waals surface area contributed by atoms with Crippen LogP contribution in [0.1, 0.15) is 18.5 Å². The molecule has 0 aliphatic heterocycles. The maximum absolute atomic E-state index is 6.21. The summed E-state index contributed by atoms with van der Waals surface area (Å²) in [6.45, 7) is 2.08. The average molecular weight is 300 g/mol. The van der Waals surface area contributed by atoms with Gasteiger partial charge >= 0.3 is 0 Å². The highest BCUT2D eigenvalue weighted by Crippen LogP contribution is 2.26. The number of nitrogens with zero attached hydrogens (tertiary/aromatic N) is 2. The number of rotatable bonds is 4. The smallest absolute Gasteiger partial charge is 0.247 e. The molecule has 0 saturated heterocycles. The van der Waals surface area contributed by atoms with Gasteiger partial charge in [0.05, 0.1) is 0 Å². The van der Waals surface area contributed by atoms with E-state index in [1.165, 1.54) is 6.39 Å². The Balaban J connectivity index is 1.75. The van der Waals surface area contributed by atoms with Crippen molar-refractivity contribution in [3.63, 3.8) is 0 Å². The summed E-state index contributed by atoms with van der Waals surface area (Å²) >= 11 is 6.21. The number of benzene rings is 2. The van der Waals surface area contributed by atoms with Crippen molar-refractivity contribution in [2.24, 2.45) is 0 Å². The van der Waals surface area contributed by atoms with Crippen LogP contribution in [0.5, 0.6) is 0 Å². The second-order valence-electron chi connectivity index (χ2n) is 4.71. The van der Waals surface area contributed by atoms with Crippen molar-refractivity contribution < 1.29 is 4.42 Å². The summed E-state index contributed by atoms with van der Waals surface area (Å²) in [6.07, 6.45) is 1.32. The number of hydrogen-bond donors (Lipinski definition) is 1. The number of halogens is 1. The first-order valence-electron chi connectivity index (χ1n) is 6.61. The Labute approximate surface area is 127 Å². The van der Waals surface area contributed by atoms with Crippen LogP contribution in [0.4, 0.5) is 5.69 Å². The molecule has 1 atom stereocenters. The Morgan fingerprint density at radius 3 is 2.52 bits per heavy atom. The summed E-state index contributed by atoms with van der Waals surface area (Å²) in [5, 5.41) is 11.7. The molecule has 0 aliphatic rings. The van der Waals surface area contributed by atoms with Gasteiger partial charge in [0.25, 0.3) is 0 Å². The maximum Gasteiger partial charge on any atom is 0.247 e. The van der Waals surface area contributed by atoms with Crippen LogP contribution in [0, 0.1) is 0 Å². The largest absolute Gasteiger partial charge is 0.423 e. The molecular formula is C16H14ClN3O. The Morgan fingerprint density at radius 2 is 1.86 bits per heavy atom. The highest BCUT2D eigenvalue weighted by molar-refractivity contribution is 6.31. The van der Waals surface area contributed by atoms with E-state index in [9.17, 15) is 0 Å². The highest BCUT2D eigenvalue weighted by Gasteiger charge is 2.09. The molecule has 1 aromatic heterocycles. The van der Waals surface area contributed by atoms with Crippen LogP contribution in [0.25, 0.3) is 11.5 Å². The summed E-state index contributed by atoms with van der Waals surface area (Å²) < 4.78 is 5.17. The average Bonchev–Trinajstić information content (AvgIpc) is 3.02. The molecule has 5 heteroatoms. The van der Waals surface area contributed by atoms with Gasteiger partial charge < -0.3 is 9.73 Å². The molecule has 0 spiro atoms. The van der Waals surface area contributed by atoms with Crippen molar-refractivity contribution in [3.05, 3.63) is 65.5 Å². The molecule has 21 heavy (non-hydrogen) atoms. The first-order chi connectivity index (χ1) is 10.2. The lowest BCUT2D eigenvalue weighted by Gasteiger charge is -2.17. The van der Waals surface area contributed by atoms with E-state index in [1.807, 2.05) is 48.5 Å². The lowest BCUT2D eigenvalue weighted by Crippen LogP contribution is -2.06. The fourth-order valence-electron chi connectivity index (χ4n) is 2.16. The second-order valence-corrected chi connectivity index (χ2v) is 5.12. The fourth-order valence-corrected chi connectivity index (χ4v) is 2.46. The molecule has 0 fully saturated rings. The summed E-state index contributed by atoms with van der Waals surface area (Å²) in [7, 11) is 0. The maximum atomic E-state index is 6.21. The normalized spacial score (nSPS) is 12.1. The van der Waals surface area contributed by atoms with Crippen LogP contribution >= 0.6 is 11.6 Å². The SMILES string of the molecule is CC(Nc1ccc(-c2nnco2)cc1)c1ccccc1Cl. The minimum atomic E-state index is 0.118. The molecule has 0 saturated carbocycles. The zero-order valence-corrected chi connectivity index (χ0v) is 12.2. The van der Waals surface area contributed by atoms with Crippen molar-refractivity contribution in [1.29, 1.82) is 0 Å². The van der Waals surface area contributed by atoms with E-state index >= 15 is 0 Å². The van der Waals surface area contributed by atoms with Gasteiger partial charge in [-0.25, -0.2) is 0 Å². The highest BCUT2D eigenvalue weighted by atomic mass is 35.5. The van der Waals surface area contributed by atoms with Crippen LogP contribution < -0.4 is 5.32 Å². The zero-order valence-electron chi connectivity index (χ0n) is 11.5. The van der Waals surface area contributed by atoms with E-state index in [2.05, 4.69) is 22.4 Å². The van der Waals surface area contributed by atoms with Crippen molar-refractivity contribution in [3.8, 4) is 11.5 Å². The van der Waals surface area contributed by atoms with E-state index in [0.29, 0.717) is 5.89 Å². The molecule has 4 nitrogen and oxygen atoms in total. The molecular weight excluding hydrogens is 286 g/mol. The van der Waals surface area contributed by atoms with Gasteiger partial charge in [-0.1, -0.05) is 29.8 Å². The van der Waals surface area contributed by atoms with Gasteiger partial charge in [0.15, 0.2) is 0 Å². The fraction of sp³-hybridized carbons (Fsp3) is 0.125. The lowest BCUT2D eigenvalue weighted by atomic mass is 10.1. The molecule has 1 unspecified atom stereocenters. The van der Waals surface area contributed by atoms with Crippen LogP contribution in [0.3, 0.4) is 0 Å². The van der Waals surface area contributed by atoms with Crippen LogP contribution in [-0.2, 0) is 0 Å². The Hall–Kier alpha value is -2.33. The third-order valence-corrected chi connectivity index (χ3v) is 3.59. The Morgan fingerprint density at radius 1 is 1.10 bits per heavy atom. The monoisotopic (exact) mass is 299 g/mol. The Bertz CT molecular complexity index is 711. The second kappa shape index (κ2) is 5.97. The van der Waals surface area contributed by atoms with Crippen molar-refractivity contribution in [2.75, 3.05) is 5.32 Å². The van der Waals surface area contributed by atoms with E-state index in [-0.39, 0.29) is 6.04 Å². The third-order valence-electron chi connectivity index (χ3n) is 3.25. The molecule has 106 valence electrons. The van der Waals surface area contributed by atoms with Crippen LogP contribution in [0.15, 0.2) is 59.3 Å². The van der Waals surface area contributed by atoms with Gasteiger partial charge in [-0.2, -0.15) is 0 Å². The van der Waals surface area contributed by atoms with Crippen molar-refractivity contribution in [2.45, 2.75) is 13.0 Å². The minimum Gasteiger partial charge on any atom is -0.423 e. The molecule has 1 heterocycles. The van der Waals surface area contributed by atoms with E-state index in [4.69, 9.17) is 16.0 Å². The minimum absolute atomic E-state index is 0.118. The lowest BCUT2D eigenvalue weighted by molar-refractivity contribution is 0.568. The molecule has 1 N–H and O–H groups in total. The number of nitrogens with one attached hydrogen (secondary N) is 1. The topological polar surface area (TPSA) is 51.0 Å². The molecule has 0 bridgehead atoms. The van der Waals surface area contributed by atoms with Crippen molar-refractivity contribution in [1.82, 2.24) is 10.2 Å². The van der Waals surface area contributed by atoms with Crippen molar-refractivity contribution >= 4 is 17.3 Å². The summed E-state index contributed by atoms with van der Waals surface area (Å²) in [4.78, 5) is 0. The molecule has 0 aliphatic carbocycles. The molecule has 2 aromatic carbocycles. The standard InChI is InChI=1S/C16H14ClN3O/c1-11(14-4-2-3-5-15(14)17)19-13-8-6-12(7-9-13)16-20-18-10-21-16/h2-11,19H,1H3. The van der Waals surface area contributed by atoms with Gasteiger partial charge in [0, 0.05) is 22.3 Å². The third kappa shape index (κ3) is 3.06. The summed E-state index contributed by atoms with van der Waals surface area (Å²) in [5.74, 6) is 0.515. The van der Waals surface area contributed by atoms with E-state index in [1.54, 1.807) is 0 Å². The van der Waals surface area contributed by atoms with Gasteiger partial charge in [-0.15, -0.1) is 10.2 Å². The molecule has 0 amide bonds. The van der Waals surface area contributed by atoms with Gasteiger partial charge in [0.2, 0.25) is 12.3 Å². The quantitative estimate of drug-likeness (QED) is 0.767. The van der Waals surface area contributed by atoms with Gasteiger partial charge in [0.1, 0.15) is 0 Å². The Kier molecular flexibility index (Phi) is 3.88. The number of hydrogen-bond acceptors (Lipinski definition) is 4. The number of aromatic nitrogens is 2.